The maximum atomic E-state index is 3.82. The summed E-state index contributed by atoms with van der Waals surface area (Å²) in [6, 6.07) is 0.724. The Morgan fingerprint density at radius 2 is 1.73 bits per heavy atom. The Kier molecular flexibility index (Phi) is 3.12. The van der Waals surface area contributed by atoms with Crippen molar-refractivity contribution in [2.24, 2.45) is 10.8 Å². The van der Waals surface area contributed by atoms with Crippen molar-refractivity contribution >= 4 is 0 Å². The Morgan fingerprint density at radius 1 is 1.13 bits per heavy atom. The second-order valence-corrected chi connectivity index (χ2v) is 6.32. The molecule has 0 spiro atoms. The molecule has 2 aliphatic rings. The van der Waals surface area contributed by atoms with Gasteiger partial charge in [-0.1, -0.05) is 26.7 Å². The second-order valence-electron chi connectivity index (χ2n) is 6.32. The molecular formula is C14H27N. The first-order chi connectivity index (χ1) is 7.10. The summed E-state index contributed by atoms with van der Waals surface area (Å²) in [6.45, 7) is 8.44. The van der Waals surface area contributed by atoms with Crippen LogP contribution in [0.4, 0.5) is 0 Å². The van der Waals surface area contributed by atoms with Crippen molar-refractivity contribution in [3.05, 3.63) is 0 Å². The molecule has 0 saturated heterocycles. The molecule has 0 bridgehead atoms. The van der Waals surface area contributed by atoms with Crippen molar-refractivity contribution in [2.45, 2.75) is 71.8 Å². The number of hydrogen-bond donors (Lipinski definition) is 1. The third kappa shape index (κ3) is 2.38. The number of nitrogens with one attached hydrogen (secondary N) is 1. The summed E-state index contributed by atoms with van der Waals surface area (Å²) in [5.41, 5.74) is 1.28. The molecule has 2 rings (SSSR count). The minimum Gasteiger partial charge on any atom is -0.313 e. The van der Waals surface area contributed by atoms with Gasteiger partial charge >= 0.3 is 0 Å². The van der Waals surface area contributed by atoms with Gasteiger partial charge in [0.1, 0.15) is 0 Å². The highest BCUT2D eigenvalue weighted by Crippen LogP contribution is 2.48. The molecule has 0 aromatic rings. The monoisotopic (exact) mass is 209 g/mol. The lowest BCUT2D eigenvalue weighted by atomic mass is 9.83. The number of rotatable bonds is 5. The predicted octanol–water partition coefficient (Wildman–Crippen LogP) is 3.74. The maximum Gasteiger partial charge on any atom is 0.00927 e. The van der Waals surface area contributed by atoms with Gasteiger partial charge in [-0.2, -0.15) is 0 Å². The van der Waals surface area contributed by atoms with Crippen LogP contribution in [-0.2, 0) is 0 Å². The van der Waals surface area contributed by atoms with Crippen LogP contribution in [0.1, 0.15) is 65.7 Å². The zero-order chi connectivity index (χ0) is 10.9. The molecule has 1 heteroatoms. The Bertz CT molecular complexity index is 211. The first-order valence-electron chi connectivity index (χ1n) is 6.84. The molecule has 1 unspecified atom stereocenters. The van der Waals surface area contributed by atoms with Crippen molar-refractivity contribution in [1.82, 2.24) is 5.32 Å². The fraction of sp³-hybridized carbons (Fsp3) is 1.00. The largest absolute Gasteiger partial charge is 0.313 e. The van der Waals surface area contributed by atoms with Gasteiger partial charge < -0.3 is 5.32 Å². The summed E-state index contributed by atoms with van der Waals surface area (Å²) in [5, 5.41) is 3.82. The lowest BCUT2D eigenvalue weighted by molar-refractivity contribution is 0.239. The van der Waals surface area contributed by atoms with E-state index in [1.54, 1.807) is 0 Å². The normalized spacial score (nSPS) is 29.0. The molecule has 0 aromatic heterocycles. The lowest BCUT2D eigenvalue weighted by Gasteiger charge is -2.31. The fourth-order valence-electron chi connectivity index (χ4n) is 3.03. The minimum absolute atomic E-state index is 0.632. The first kappa shape index (κ1) is 11.4. The third-order valence-electron chi connectivity index (χ3n) is 5.28. The zero-order valence-electron chi connectivity index (χ0n) is 10.7. The van der Waals surface area contributed by atoms with Crippen molar-refractivity contribution in [2.75, 3.05) is 6.54 Å². The van der Waals surface area contributed by atoms with Crippen molar-refractivity contribution in [3.8, 4) is 0 Å². The van der Waals surface area contributed by atoms with Crippen LogP contribution >= 0.6 is 0 Å². The molecule has 1 atom stereocenters. The predicted molar refractivity (Wildman–Crippen MR) is 66.0 cm³/mol. The van der Waals surface area contributed by atoms with Gasteiger partial charge in [0, 0.05) is 12.6 Å². The molecule has 2 aliphatic carbocycles. The SMILES string of the molecule is CCC1(CNC(C)C2(C)CC2)CCCC1. The second kappa shape index (κ2) is 4.08. The van der Waals surface area contributed by atoms with E-state index >= 15 is 0 Å². The molecular weight excluding hydrogens is 182 g/mol. The molecule has 1 nitrogen and oxygen atoms in total. The highest BCUT2D eigenvalue weighted by molar-refractivity contribution is 4.98. The van der Waals surface area contributed by atoms with Gasteiger partial charge in [-0.05, 0) is 49.9 Å². The Morgan fingerprint density at radius 3 is 2.20 bits per heavy atom. The van der Waals surface area contributed by atoms with E-state index in [0.717, 1.165) is 6.04 Å². The summed E-state index contributed by atoms with van der Waals surface area (Å²) in [5.74, 6) is 0. The minimum atomic E-state index is 0.632. The average Bonchev–Trinajstić information content (AvgIpc) is 2.84. The molecule has 88 valence electrons. The third-order valence-corrected chi connectivity index (χ3v) is 5.28. The van der Waals surface area contributed by atoms with E-state index in [9.17, 15) is 0 Å². The molecule has 0 aromatic carbocycles. The van der Waals surface area contributed by atoms with E-state index in [2.05, 4.69) is 26.1 Å². The van der Waals surface area contributed by atoms with E-state index in [4.69, 9.17) is 0 Å². The van der Waals surface area contributed by atoms with Crippen LogP contribution in [0, 0.1) is 10.8 Å². The van der Waals surface area contributed by atoms with E-state index < -0.39 is 0 Å². The molecule has 0 aliphatic heterocycles. The first-order valence-corrected chi connectivity index (χ1v) is 6.84. The smallest absolute Gasteiger partial charge is 0.00927 e. The van der Waals surface area contributed by atoms with Gasteiger partial charge in [-0.25, -0.2) is 0 Å². The highest BCUT2D eigenvalue weighted by Gasteiger charge is 2.43. The highest BCUT2D eigenvalue weighted by atomic mass is 14.9. The van der Waals surface area contributed by atoms with Crippen LogP contribution in [0.3, 0.4) is 0 Å². The summed E-state index contributed by atoms with van der Waals surface area (Å²) in [4.78, 5) is 0. The standard InChI is InChI=1S/C14H27N/c1-4-14(7-5-6-8-14)11-15-12(2)13(3)9-10-13/h12,15H,4-11H2,1-3H3. The van der Waals surface area contributed by atoms with Gasteiger partial charge in [-0.3, -0.25) is 0 Å². The van der Waals surface area contributed by atoms with Crippen LogP contribution in [-0.4, -0.2) is 12.6 Å². The Hall–Kier alpha value is -0.0400. The van der Waals surface area contributed by atoms with Crippen LogP contribution in [0.25, 0.3) is 0 Å². The number of hydrogen-bond acceptors (Lipinski definition) is 1. The lowest BCUT2D eigenvalue weighted by Crippen LogP contribution is -2.40. The molecule has 2 saturated carbocycles. The molecule has 0 heterocycles. The van der Waals surface area contributed by atoms with Gasteiger partial charge in [0.15, 0.2) is 0 Å². The molecule has 15 heavy (non-hydrogen) atoms. The Balaban J connectivity index is 1.80. The average molecular weight is 209 g/mol. The maximum absolute atomic E-state index is 3.82. The molecule has 1 N–H and O–H groups in total. The van der Waals surface area contributed by atoms with Gasteiger partial charge in [0.25, 0.3) is 0 Å². The quantitative estimate of drug-likeness (QED) is 0.727. The summed E-state index contributed by atoms with van der Waals surface area (Å²) < 4.78 is 0. The van der Waals surface area contributed by atoms with Crippen molar-refractivity contribution in [1.29, 1.82) is 0 Å². The molecule has 0 radical (unpaired) electrons. The van der Waals surface area contributed by atoms with E-state index in [1.165, 1.54) is 51.5 Å². The topological polar surface area (TPSA) is 12.0 Å². The van der Waals surface area contributed by atoms with E-state index in [-0.39, 0.29) is 0 Å². The zero-order valence-corrected chi connectivity index (χ0v) is 10.7. The summed E-state index contributed by atoms with van der Waals surface area (Å²) in [7, 11) is 0. The van der Waals surface area contributed by atoms with Crippen LogP contribution in [0.2, 0.25) is 0 Å². The van der Waals surface area contributed by atoms with Crippen LogP contribution < -0.4 is 5.32 Å². The van der Waals surface area contributed by atoms with Gasteiger partial charge in [0.05, 0.1) is 0 Å². The summed E-state index contributed by atoms with van der Waals surface area (Å²) >= 11 is 0. The van der Waals surface area contributed by atoms with Crippen LogP contribution in [0.15, 0.2) is 0 Å². The van der Waals surface area contributed by atoms with Gasteiger partial charge in [-0.15, -0.1) is 0 Å². The van der Waals surface area contributed by atoms with Crippen LogP contribution in [0.5, 0.6) is 0 Å². The van der Waals surface area contributed by atoms with E-state index in [1.807, 2.05) is 0 Å². The van der Waals surface area contributed by atoms with Crippen molar-refractivity contribution < 1.29 is 0 Å². The summed E-state index contributed by atoms with van der Waals surface area (Å²) in [6.07, 6.45) is 10.1. The molecule has 0 amide bonds. The van der Waals surface area contributed by atoms with Gasteiger partial charge in [0.2, 0.25) is 0 Å². The fourth-order valence-corrected chi connectivity index (χ4v) is 3.03. The van der Waals surface area contributed by atoms with Crippen molar-refractivity contribution in [3.63, 3.8) is 0 Å². The van der Waals surface area contributed by atoms with E-state index in [0.29, 0.717) is 10.8 Å². The Labute approximate surface area is 95.0 Å². The molecule has 2 fully saturated rings.